The van der Waals surface area contributed by atoms with E-state index in [2.05, 4.69) is 5.32 Å². The first-order valence-electron chi connectivity index (χ1n) is 6.06. The van der Waals surface area contributed by atoms with Crippen molar-refractivity contribution in [3.63, 3.8) is 0 Å². The molecule has 0 saturated carbocycles. The highest BCUT2D eigenvalue weighted by Crippen LogP contribution is 2.18. The summed E-state index contributed by atoms with van der Waals surface area (Å²) >= 11 is 4.81. The van der Waals surface area contributed by atoms with Crippen molar-refractivity contribution in [2.45, 2.75) is 6.54 Å². The summed E-state index contributed by atoms with van der Waals surface area (Å²) in [4.78, 5) is 0.186. The molecule has 0 unspecified atom stereocenters. The molecule has 0 aliphatic carbocycles. The highest BCUT2D eigenvalue weighted by molar-refractivity contribution is 7.80. The Labute approximate surface area is 122 Å². The number of methoxy groups -OCH3 is 1. The fourth-order valence-electron chi connectivity index (χ4n) is 1.75. The van der Waals surface area contributed by atoms with Crippen LogP contribution in [0.5, 0.6) is 5.75 Å². The van der Waals surface area contributed by atoms with Gasteiger partial charge in [-0.1, -0.05) is 24.4 Å². The van der Waals surface area contributed by atoms with Crippen LogP contribution in [-0.4, -0.2) is 12.1 Å². The molecule has 5 heteroatoms. The maximum atomic E-state index is 13.8. The number of rotatable bonds is 5. The second-order valence-corrected chi connectivity index (χ2v) is 4.70. The molecule has 0 saturated heterocycles. The zero-order valence-corrected chi connectivity index (χ0v) is 11.8. The summed E-state index contributed by atoms with van der Waals surface area (Å²) in [5.74, 6) is 0.421. The molecule has 0 amide bonds. The Morgan fingerprint density at radius 1 is 1.25 bits per heavy atom. The van der Waals surface area contributed by atoms with Crippen LogP contribution in [-0.2, 0) is 6.54 Å². The molecule has 0 aliphatic rings. The second kappa shape index (κ2) is 6.34. The van der Waals surface area contributed by atoms with E-state index in [4.69, 9.17) is 22.7 Å². The van der Waals surface area contributed by atoms with E-state index >= 15 is 0 Å². The summed E-state index contributed by atoms with van der Waals surface area (Å²) in [6.45, 7) is 0.521. The van der Waals surface area contributed by atoms with Crippen LogP contribution in [0.1, 0.15) is 11.1 Å². The van der Waals surface area contributed by atoms with Gasteiger partial charge >= 0.3 is 0 Å². The van der Waals surface area contributed by atoms with Crippen molar-refractivity contribution < 1.29 is 9.13 Å². The molecule has 3 N–H and O–H groups in total. The molecule has 0 fully saturated rings. The van der Waals surface area contributed by atoms with Crippen molar-refractivity contribution in [2.75, 3.05) is 12.4 Å². The molecule has 104 valence electrons. The van der Waals surface area contributed by atoms with Gasteiger partial charge in [0.25, 0.3) is 0 Å². The van der Waals surface area contributed by atoms with Gasteiger partial charge in [-0.2, -0.15) is 0 Å². The molecule has 0 aromatic heterocycles. The highest BCUT2D eigenvalue weighted by Gasteiger charge is 2.05. The topological polar surface area (TPSA) is 47.3 Å². The van der Waals surface area contributed by atoms with Gasteiger partial charge in [0.15, 0.2) is 0 Å². The third kappa shape index (κ3) is 3.45. The van der Waals surface area contributed by atoms with Crippen molar-refractivity contribution in [1.82, 2.24) is 0 Å². The summed E-state index contributed by atoms with van der Waals surface area (Å²) in [5.41, 5.74) is 7.43. The van der Waals surface area contributed by atoms with Gasteiger partial charge in [0.2, 0.25) is 0 Å². The number of nitrogens with two attached hydrogens (primary N) is 1. The van der Waals surface area contributed by atoms with Crippen LogP contribution in [0.2, 0.25) is 0 Å². The zero-order chi connectivity index (χ0) is 14.5. The molecule has 0 aliphatic heterocycles. The molecule has 0 radical (unpaired) electrons. The lowest BCUT2D eigenvalue weighted by Gasteiger charge is -2.09. The minimum absolute atomic E-state index is 0.186. The van der Waals surface area contributed by atoms with Crippen LogP contribution in [0, 0.1) is 5.82 Å². The van der Waals surface area contributed by atoms with E-state index in [0.29, 0.717) is 17.8 Å². The largest absolute Gasteiger partial charge is 0.497 e. The summed E-state index contributed by atoms with van der Waals surface area (Å²) in [5, 5.41) is 3.03. The maximum Gasteiger partial charge on any atom is 0.146 e. The monoisotopic (exact) mass is 290 g/mol. The lowest BCUT2D eigenvalue weighted by molar-refractivity contribution is 0.414. The predicted molar refractivity (Wildman–Crippen MR) is 82.6 cm³/mol. The first kappa shape index (κ1) is 14.3. The summed E-state index contributed by atoms with van der Waals surface area (Å²) in [6, 6.07) is 12.2. The smallest absolute Gasteiger partial charge is 0.146 e. The maximum absolute atomic E-state index is 13.8. The highest BCUT2D eigenvalue weighted by atomic mass is 32.1. The Morgan fingerprint density at radius 3 is 2.50 bits per heavy atom. The standard InChI is InChI=1S/C15H15FN2OS/c1-19-12-5-2-10(3-6-12)9-18-14-7-4-11(15(17)20)8-13(14)16/h2-8,18H,9H2,1H3,(H2,17,20). The number of thiocarbonyl (C=S) groups is 1. The number of hydrogen-bond donors (Lipinski definition) is 2. The van der Waals surface area contributed by atoms with Gasteiger partial charge in [-0.3, -0.25) is 0 Å². The summed E-state index contributed by atoms with van der Waals surface area (Å²) < 4.78 is 18.9. The molecule has 3 nitrogen and oxygen atoms in total. The lowest BCUT2D eigenvalue weighted by Crippen LogP contribution is -2.10. The van der Waals surface area contributed by atoms with Gasteiger partial charge in [0, 0.05) is 12.1 Å². The van der Waals surface area contributed by atoms with Crippen LogP contribution < -0.4 is 15.8 Å². The zero-order valence-electron chi connectivity index (χ0n) is 11.0. The average molecular weight is 290 g/mol. The van der Waals surface area contributed by atoms with E-state index in [-0.39, 0.29) is 10.8 Å². The Hall–Kier alpha value is -2.14. The Kier molecular flexibility index (Phi) is 4.53. The van der Waals surface area contributed by atoms with Crippen molar-refractivity contribution in [3.05, 3.63) is 59.4 Å². The first-order chi connectivity index (χ1) is 9.60. The van der Waals surface area contributed by atoms with Crippen molar-refractivity contribution in [1.29, 1.82) is 0 Å². The fraction of sp³-hybridized carbons (Fsp3) is 0.133. The minimum Gasteiger partial charge on any atom is -0.497 e. The van der Waals surface area contributed by atoms with Crippen LogP contribution in [0.25, 0.3) is 0 Å². The predicted octanol–water partition coefficient (Wildman–Crippen LogP) is 3.08. The van der Waals surface area contributed by atoms with Crippen LogP contribution in [0.15, 0.2) is 42.5 Å². The van der Waals surface area contributed by atoms with E-state index < -0.39 is 0 Å². The molecule has 0 heterocycles. The number of hydrogen-bond acceptors (Lipinski definition) is 3. The molecular formula is C15H15FN2OS. The Morgan fingerprint density at radius 2 is 1.95 bits per heavy atom. The fourth-order valence-corrected chi connectivity index (χ4v) is 1.88. The van der Waals surface area contributed by atoms with E-state index in [9.17, 15) is 4.39 Å². The number of nitrogens with one attached hydrogen (secondary N) is 1. The second-order valence-electron chi connectivity index (χ2n) is 4.26. The van der Waals surface area contributed by atoms with E-state index in [1.807, 2.05) is 24.3 Å². The summed E-state index contributed by atoms with van der Waals surface area (Å²) in [7, 11) is 1.62. The Balaban J connectivity index is 2.04. The molecule has 0 spiro atoms. The van der Waals surface area contributed by atoms with Gasteiger partial charge in [-0.25, -0.2) is 4.39 Å². The lowest BCUT2D eigenvalue weighted by atomic mass is 10.1. The van der Waals surface area contributed by atoms with Gasteiger partial charge < -0.3 is 15.8 Å². The number of benzene rings is 2. The van der Waals surface area contributed by atoms with Crippen LogP contribution in [0.3, 0.4) is 0 Å². The van der Waals surface area contributed by atoms with Crippen molar-refractivity contribution in [2.24, 2.45) is 5.73 Å². The van der Waals surface area contributed by atoms with E-state index in [1.54, 1.807) is 19.2 Å². The Bertz CT molecular complexity index is 614. The molecule has 0 atom stereocenters. The van der Waals surface area contributed by atoms with Crippen LogP contribution >= 0.6 is 12.2 Å². The molecule has 2 aromatic carbocycles. The minimum atomic E-state index is -0.371. The molecule has 0 bridgehead atoms. The first-order valence-corrected chi connectivity index (χ1v) is 6.47. The number of halogens is 1. The van der Waals surface area contributed by atoms with Crippen LogP contribution in [0.4, 0.5) is 10.1 Å². The quantitative estimate of drug-likeness (QED) is 0.831. The van der Waals surface area contributed by atoms with E-state index in [0.717, 1.165) is 11.3 Å². The van der Waals surface area contributed by atoms with E-state index in [1.165, 1.54) is 6.07 Å². The van der Waals surface area contributed by atoms with Gasteiger partial charge in [0.05, 0.1) is 12.8 Å². The SMILES string of the molecule is COc1ccc(CNc2ccc(C(N)=S)cc2F)cc1. The average Bonchev–Trinajstić information content (AvgIpc) is 2.46. The van der Waals surface area contributed by atoms with Crippen molar-refractivity contribution >= 4 is 22.9 Å². The van der Waals surface area contributed by atoms with Gasteiger partial charge in [0.1, 0.15) is 16.6 Å². The third-order valence-corrected chi connectivity index (χ3v) is 3.13. The molecule has 20 heavy (non-hydrogen) atoms. The normalized spacial score (nSPS) is 10.1. The van der Waals surface area contributed by atoms with Crippen molar-refractivity contribution in [3.8, 4) is 5.75 Å². The van der Waals surface area contributed by atoms with Gasteiger partial charge in [-0.15, -0.1) is 0 Å². The number of ether oxygens (including phenoxy) is 1. The molecule has 2 rings (SSSR count). The summed E-state index contributed by atoms with van der Waals surface area (Å²) in [6.07, 6.45) is 0. The number of anilines is 1. The molecular weight excluding hydrogens is 275 g/mol. The third-order valence-electron chi connectivity index (χ3n) is 2.90. The van der Waals surface area contributed by atoms with Gasteiger partial charge in [-0.05, 0) is 35.9 Å². The molecule has 2 aromatic rings.